The van der Waals surface area contributed by atoms with E-state index in [1.807, 2.05) is 37.8 Å². The second kappa shape index (κ2) is 13.0. The van der Waals surface area contributed by atoms with Gasteiger partial charge < -0.3 is 19.6 Å². The van der Waals surface area contributed by atoms with Crippen LogP contribution >= 0.6 is 11.3 Å². The zero-order chi connectivity index (χ0) is 29.9. The monoisotopic (exact) mass is 592 g/mol. The first-order chi connectivity index (χ1) is 20.1. The number of carboxylic acid groups (broad SMARTS) is 1. The normalized spacial score (nSPS) is 24.5. The molecule has 1 N–H and O–H groups in total. The van der Waals surface area contributed by atoms with Crippen molar-refractivity contribution < 1.29 is 19.4 Å². The molecule has 0 radical (unpaired) electrons. The molecule has 3 aliphatic rings. The minimum atomic E-state index is -1.01. The first kappa shape index (κ1) is 30.3. The summed E-state index contributed by atoms with van der Waals surface area (Å²) >= 11 is 1.17. The molecule has 1 aliphatic heterocycles. The first-order valence-corrected chi connectivity index (χ1v) is 16.4. The van der Waals surface area contributed by atoms with Crippen LogP contribution in [0.2, 0.25) is 0 Å². The molecule has 0 bridgehead atoms. The molecule has 42 heavy (non-hydrogen) atoms. The molecule has 1 saturated heterocycles. The van der Waals surface area contributed by atoms with Crippen molar-refractivity contribution in [2.45, 2.75) is 104 Å². The van der Waals surface area contributed by atoms with Crippen LogP contribution in [0.4, 0.5) is 11.5 Å². The fourth-order valence-electron chi connectivity index (χ4n) is 6.33. The van der Waals surface area contributed by atoms with Crippen LogP contribution in [0.25, 0.3) is 0 Å². The van der Waals surface area contributed by atoms with Gasteiger partial charge in [0.1, 0.15) is 23.1 Å². The molecule has 8 nitrogen and oxygen atoms in total. The van der Waals surface area contributed by atoms with E-state index in [2.05, 4.69) is 33.6 Å². The van der Waals surface area contributed by atoms with E-state index in [1.165, 1.54) is 24.2 Å². The van der Waals surface area contributed by atoms with Gasteiger partial charge in [-0.2, -0.15) is 0 Å². The number of carboxylic acids is 1. The highest BCUT2D eigenvalue weighted by Crippen LogP contribution is 2.39. The number of hydrogen-bond acceptors (Lipinski definition) is 7. The van der Waals surface area contributed by atoms with Crippen LogP contribution in [0.1, 0.15) is 106 Å². The summed E-state index contributed by atoms with van der Waals surface area (Å²) in [6.07, 6.45) is 10.7. The Kier molecular flexibility index (Phi) is 9.41. The third-order valence-electron chi connectivity index (χ3n) is 8.68. The molecule has 2 saturated carbocycles. The van der Waals surface area contributed by atoms with Crippen LogP contribution in [0.5, 0.6) is 5.88 Å². The Balaban J connectivity index is 1.36. The van der Waals surface area contributed by atoms with E-state index in [0.29, 0.717) is 22.4 Å². The summed E-state index contributed by atoms with van der Waals surface area (Å²) in [5.41, 5.74) is 0.295. The fraction of sp³-hybridized carbons (Fsp3) is 0.636. The van der Waals surface area contributed by atoms with Gasteiger partial charge in [0.25, 0.3) is 0 Å². The van der Waals surface area contributed by atoms with E-state index >= 15 is 0 Å². The van der Waals surface area contributed by atoms with E-state index in [0.717, 1.165) is 70.3 Å². The zero-order valence-electron chi connectivity index (χ0n) is 25.4. The van der Waals surface area contributed by atoms with Gasteiger partial charge in [0.05, 0.1) is 10.6 Å². The highest BCUT2D eigenvalue weighted by Gasteiger charge is 2.38. The van der Waals surface area contributed by atoms with Gasteiger partial charge in [-0.1, -0.05) is 18.8 Å². The number of nitrogens with zero attached hydrogens (tertiary/aromatic N) is 4. The van der Waals surface area contributed by atoms with Crippen molar-refractivity contribution >= 4 is 34.7 Å². The summed E-state index contributed by atoms with van der Waals surface area (Å²) in [6.45, 7) is 10.4. The topological polar surface area (TPSA) is 95.9 Å². The van der Waals surface area contributed by atoms with Gasteiger partial charge in [0.2, 0.25) is 11.8 Å². The van der Waals surface area contributed by atoms with E-state index in [4.69, 9.17) is 4.74 Å². The van der Waals surface area contributed by atoms with Crippen LogP contribution in [0, 0.1) is 29.1 Å². The Bertz CT molecular complexity index is 1320. The molecule has 0 spiro atoms. The van der Waals surface area contributed by atoms with Crippen LogP contribution in [0.3, 0.4) is 0 Å². The summed E-state index contributed by atoms with van der Waals surface area (Å²) in [5.74, 6) is 7.49. The molecule has 5 rings (SSSR count). The average molecular weight is 593 g/mol. The molecule has 0 unspecified atom stereocenters. The number of carbonyl (C=O) groups is 2. The van der Waals surface area contributed by atoms with Crippen molar-refractivity contribution in [3.63, 3.8) is 0 Å². The molecule has 0 aromatic carbocycles. The summed E-state index contributed by atoms with van der Waals surface area (Å²) in [5, 5.41) is 10.2. The number of hydrogen-bond donors (Lipinski definition) is 1. The number of aromatic nitrogens is 2. The number of rotatable bonds is 7. The minimum Gasteiger partial charge on any atom is -0.477 e. The van der Waals surface area contributed by atoms with Crippen molar-refractivity contribution in [2.75, 3.05) is 22.9 Å². The number of carbonyl (C=O) groups excluding carboxylic acids is 1. The van der Waals surface area contributed by atoms with Crippen molar-refractivity contribution in [1.29, 1.82) is 0 Å². The Morgan fingerprint density at radius 2 is 1.71 bits per heavy atom. The predicted molar refractivity (Wildman–Crippen MR) is 166 cm³/mol. The van der Waals surface area contributed by atoms with E-state index < -0.39 is 5.97 Å². The summed E-state index contributed by atoms with van der Waals surface area (Å²) in [6, 6.07) is 3.68. The highest BCUT2D eigenvalue weighted by atomic mass is 32.1. The number of thiophene rings is 1. The van der Waals surface area contributed by atoms with Crippen LogP contribution in [0.15, 0.2) is 18.5 Å². The largest absolute Gasteiger partial charge is 0.477 e. The molecule has 3 fully saturated rings. The number of amides is 1. The molecule has 226 valence electrons. The molecule has 1 amide bonds. The van der Waals surface area contributed by atoms with Gasteiger partial charge in [0, 0.05) is 36.5 Å². The average Bonchev–Trinajstić information content (AvgIpc) is 3.64. The Morgan fingerprint density at radius 3 is 2.36 bits per heavy atom. The first-order valence-electron chi connectivity index (χ1n) is 15.5. The standard InChI is InChI=1S/C33H44N4O4S/c1-22-7-9-23(10-8-22)31(38)37(27-19-26(15-16-33(2,3)4)42-30(27)32(39)40)24-11-13-25(14-12-24)41-29-20-28(34-21-35-29)36-17-5-6-18-36/h19-25H,5-14,17-18H2,1-4H3,(H,39,40). The lowest BCUT2D eigenvalue weighted by molar-refractivity contribution is -0.124. The molecule has 2 aromatic heterocycles. The van der Waals surface area contributed by atoms with E-state index in [-0.39, 0.29) is 34.3 Å². The highest BCUT2D eigenvalue weighted by molar-refractivity contribution is 7.15. The molecule has 2 aromatic rings. The summed E-state index contributed by atoms with van der Waals surface area (Å²) in [7, 11) is 0. The van der Waals surface area contributed by atoms with Crippen molar-refractivity contribution in [1.82, 2.24) is 9.97 Å². The van der Waals surface area contributed by atoms with Crippen molar-refractivity contribution in [2.24, 2.45) is 17.3 Å². The summed E-state index contributed by atoms with van der Waals surface area (Å²) in [4.78, 5) is 40.4. The molecular formula is C33H44N4O4S. The lowest BCUT2D eigenvalue weighted by atomic mass is 9.81. The third kappa shape index (κ3) is 7.44. The van der Waals surface area contributed by atoms with Gasteiger partial charge >= 0.3 is 5.97 Å². The van der Waals surface area contributed by atoms with Gasteiger partial charge in [-0.05, 0) is 97.0 Å². The van der Waals surface area contributed by atoms with Crippen molar-refractivity contribution in [3.05, 3.63) is 28.2 Å². The number of ether oxygens (including phenoxy) is 1. The van der Waals surface area contributed by atoms with Crippen LogP contribution < -0.4 is 14.5 Å². The lowest BCUT2D eigenvalue weighted by Crippen LogP contribution is -2.47. The fourth-order valence-corrected chi connectivity index (χ4v) is 7.17. The Hall–Kier alpha value is -3.12. The van der Waals surface area contributed by atoms with Gasteiger partial charge in [0.15, 0.2) is 0 Å². The second-order valence-electron chi connectivity index (χ2n) is 13.3. The second-order valence-corrected chi connectivity index (χ2v) is 14.3. The van der Waals surface area contributed by atoms with Gasteiger partial charge in [-0.25, -0.2) is 14.8 Å². The van der Waals surface area contributed by atoms with Crippen molar-refractivity contribution in [3.8, 4) is 17.7 Å². The SMILES string of the molecule is CC1CCC(C(=O)N(c2cc(C#CC(C)(C)C)sc2C(=O)O)C2CCC(Oc3cc(N4CCCC4)ncn3)CC2)CC1. The van der Waals surface area contributed by atoms with Gasteiger partial charge in [-0.3, -0.25) is 4.79 Å². The molecule has 9 heteroatoms. The molecular weight excluding hydrogens is 548 g/mol. The Morgan fingerprint density at radius 1 is 1.02 bits per heavy atom. The maximum absolute atomic E-state index is 14.2. The van der Waals surface area contributed by atoms with Gasteiger partial charge in [-0.15, -0.1) is 11.3 Å². The zero-order valence-corrected chi connectivity index (χ0v) is 26.2. The minimum absolute atomic E-state index is 0.00954. The maximum atomic E-state index is 14.2. The lowest BCUT2D eigenvalue weighted by Gasteiger charge is -2.39. The van der Waals surface area contributed by atoms with E-state index in [1.54, 1.807) is 6.33 Å². The third-order valence-corrected chi connectivity index (χ3v) is 9.71. The quantitative estimate of drug-likeness (QED) is 0.354. The van der Waals surface area contributed by atoms with E-state index in [9.17, 15) is 14.7 Å². The number of anilines is 2. The molecule has 3 heterocycles. The molecule has 0 atom stereocenters. The smallest absolute Gasteiger partial charge is 0.348 e. The van der Waals surface area contributed by atoms with Crippen LogP contribution in [-0.4, -0.2) is 52.2 Å². The number of aromatic carboxylic acids is 1. The summed E-state index contributed by atoms with van der Waals surface area (Å²) < 4.78 is 6.32. The predicted octanol–water partition coefficient (Wildman–Crippen LogP) is 6.78. The Labute approximate surface area is 253 Å². The van der Waals surface area contributed by atoms with Crippen LogP contribution in [-0.2, 0) is 4.79 Å². The molecule has 2 aliphatic carbocycles. The maximum Gasteiger partial charge on any atom is 0.348 e.